The van der Waals surface area contributed by atoms with Crippen LogP contribution in [0.4, 0.5) is 5.69 Å². The zero-order valence-electron chi connectivity index (χ0n) is 16.9. The molecule has 4 atom stereocenters. The molecule has 2 aromatic rings. The predicted molar refractivity (Wildman–Crippen MR) is 114 cm³/mol. The summed E-state index contributed by atoms with van der Waals surface area (Å²) in [5.74, 6) is 1.68. The first-order chi connectivity index (χ1) is 13.8. The second-order valence-electron chi connectivity index (χ2n) is 8.54. The first-order valence-corrected chi connectivity index (χ1v) is 11.8. The number of hydrogen-bond donors (Lipinski definition) is 2. The van der Waals surface area contributed by atoms with Crippen molar-refractivity contribution in [3.05, 3.63) is 59.7 Å². The third-order valence-corrected chi connectivity index (χ3v) is 8.16. The van der Waals surface area contributed by atoms with Gasteiger partial charge in [0.05, 0.1) is 4.90 Å². The van der Waals surface area contributed by atoms with Gasteiger partial charge in [-0.05, 0) is 86.8 Å². The molecule has 0 saturated heterocycles. The minimum Gasteiger partial charge on any atom is -0.322 e. The number of aryl methyl sites for hydroxylation is 1. The molecule has 4 unspecified atom stereocenters. The van der Waals surface area contributed by atoms with Crippen LogP contribution in [0, 0.1) is 24.7 Å². The lowest BCUT2D eigenvalue weighted by atomic mass is 9.84. The Labute approximate surface area is 173 Å². The number of sulfonamides is 1. The minimum absolute atomic E-state index is 0.0595. The van der Waals surface area contributed by atoms with Crippen LogP contribution in [0.5, 0.6) is 0 Å². The van der Waals surface area contributed by atoms with Gasteiger partial charge in [-0.3, -0.25) is 4.79 Å². The highest BCUT2D eigenvalue weighted by atomic mass is 32.2. The van der Waals surface area contributed by atoms with E-state index in [9.17, 15) is 13.2 Å². The van der Waals surface area contributed by atoms with Crippen LogP contribution in [0.1, 0.15) is 48.5 Å². The van der Waals surface area contributed by atoms with Crippen LogP contribution < -0.4 is 10.0 Å². The number of carbonyl (C=O) groups is 1. The average molecular weight is 413 g/mol. The molecule has 6 heteroatoms. The summed E-state index contributed by atoms with van der Waals surface area (Å²) in [6.07, 6.45) is 4.93. The number of rotatable bonds is 6. The monoisotopic (exact) mass is 412 g/mol. The highest BCUT2D eigenvalue weighted by Crippen LogP contribution is 2.49. The maximum atomic E-state index is 12.8. The van der Waals surface area contributed by atoms with Crippen LogP contribution in [0.25, 0.3) is 0 Å². The van der Waals surface area contributed by atoms with E-state index in [-0.39, 0.29) is 16.8 Å². The largest absolute Gasteiger partial charge is 0.322 e. The number of nitrogens with one attached hydrogen (secondary N) is 2. The molecule has 2 bridgehead atoms. The molecule has 0 aliphatic heterocycles. The molecular weight excluding hydrogens is 384 g/mol. The topological polar surface area (TPSA) is 75.3 Å². The summed E-state index contributed by atoms with van der Waals surface area (Å²) >= 11 is 0. The summed E-state index contributed by atoms with van der Waals surface area (Å²) in [5, 5.41) is 2.83. The maximum Gasteiger partial charge on any atom is 0.255 e. The second-order valence-corrected chi connectivity index (χ2v) is 10.3. The number of carbonyl (C=O) groups excluding carboxylic acids is 1. The molecule has 5 nitrogen and oxygen atoms in total. The summed E-state index contributed by atoms with van der Waals surface area (Å²) in [7, 11) is -3.58. The van der Waals surface area contributed by atoms with Crippen molar-refractivity contribution < 1.29 is 13.2 Å². The number of benzene rings is 2. The lowest BCUT2D eigenvalue weighted by molar-refractivity contribution is 0.102. The van der Waals surface area contributed by atoms with Crippen molar-refractivity contribution in [2.24, 2.45) is 17.8 Å². The molecule has 2 aliphatic rings. The molecule has 0 spiro atoms. The summed E-state index contributed by atoms with van der Waals surface area (Å²) in [4.78, 5) is 12.7. The van der Waals surface area contributed by atoms with Gasteiger partial charge in [0.15, 0.2) is 0 Å². The molecule has 2 aromatic carbocycles. The van der Waals surface area contributed by atoms with Gasteiger partial charge >= 0.3 is 0 Å². The van der Waals surface area contributed by atoms with Gasteiger partial charge in [0.25, 0.3) is 5.91 Å². The van der Waals surface area contributed by atoms with Crippen molar-refractivity contribution >= 4 is 21.6 Å². The van der Waals surface area contributed by atoms with Crippen LogP contribution in [0.15, 0.2) is 53.4 Å². The predicted octanol–water partition coefficient (Wildman–Crippen LogP) is 4.35. The lowest BCUT2D eigenvalue weighted by Crippen LogP contribution is -2.40. The molecule has 4 rings (SSSR count). The van der Waals surface area contributed by atoms with Gasteiger partial charge < -0.3 is 5.32 Å². The van der Waals surface area contributed by atoms with Crippen LogP contribution in [0.3, 0.4) is 0 Å². The fourth-order valence-corrected chi connectivity index (χ4v) is 6.34. The van der Waals surface area contributed by atoms with Crippen molar-refractivity contribution in [2.75, 3.05) is 5.32 Å². The van der Waals surface area contributed by atoms with Gasteiger partial charge in [-0.25, -0.2) is 13.1 Å². The first kappa shape index (κ1) is 20.1. The highest BCUT2D eigenvalue weighted by molar-refractivity contribution is 7.89. The summed E-state index contributed by atoms with van der Waals surface area (Å²) in [6, 6.07) is 13.7. The van der Waals surface area contributed by atoms with Gasteiger partial charge in [-0.2, -0.15) is 0 Å². The number of anilines is 1. The van der Waals surface area contributed by atoms with E-state index in [1.807, 2.05) is 32.0 Å². The fraction of sp³-hybridized carbons (Fsp3) is 0.435. The Morgan fingerprint density at radius 3 is 2.38 bits per heavy atom. The molecule has 0 radical (unpaired) electrons. The van der Waals surface area contributed by atoms with Gasteiger partial charge in [0.2, 0.25) is 10.0 Å². The molecule has 2 aliphatic carbocycles. The van der Waals surface area contributed by atoms with E-state index in [2.05, 4.69) is 10.0 Å². The molecule has 1 amide bonds. The average Bonchev–Trinajstić information content (AvgIpc) is 3.32. The number of amides is 1. The van der Waals surface area contributed by atoms with Crippen LogP contribution in [-0.2, 0) is 10.0 Å². The highest BCUT2D eigenvalue weighted by Gasteiger charge is 2.42. The Balaban J connectivity index is 1.41. The molecule has 2 fully saturated rings. The summed E-state index contributed by atoms with van der Waals surface area (Å²) < 4.78 is 28.5. The van der Waals surface area contributed by atoms with Crippen molar-refractivity contribution in [3.63, 3.8) is 0 Å². The van der Waals surface area contributed by atoms with Crippen LogP contribution in [-0.4, -0.2) is 20.4 Å². The van der Waals surface area contributed by atoms with E-state index in [0.29, 0.717) is 23.1 Å². The zero-order chi connectivity index (χ0) is 20.6. The zero-order valence-corrected chi connectivity index (χ0v) is 17.7. The minimum atomic E-state index is -3.58. The Kier molecular flexibility index (Phi) is 5.49. The quantitative estimate of drug-likeness (QED) is 0.741. The summed E-state index contributed by atoms with van der Waals surface area (Å²) in [6.45, 7) is 3.87. The summed E-state index contributed by atoms with van der Waals surface area (Å²) in [5.41, 5.74) is 2.06. The number of fused-ring (bicyclic) bond motifs is 2. The maximum absolute atomic E-state index is 12.8. The number of hydrogen-bond acceptors (Lipinski definition) is 3. The van der Waals surface area contributed by atoms with Crippen LogP contribution in [0.2, 0.25) is 0 Å². The molecule has 0 aromatic heterocycles. The lowest BCUT2D eigenvalue weighted by Gasteiger charge is -2.28. The first-order valence-electron chi connectivity index (χ1n) is 10.3. The molecule has 0 heterocycles. The van der Waals surface area contributed by atoms with E-state index in [1.165, 1.54) is 19.3 Å². The van der Waals surface area contributed by atoms with E-state index in [4.69, 9.17) is 0 Å². The molecule has 2 N–H and O–H groups in total. The van der Waals surface area contributed by atoms with Gasteiger partial charge in [0, 0.05) is 17.3 Å². The van der Waals surface area contributed by atoms with Crippen molar-refractivity contribution in [1.29, 1.82) is 0 Å². The normalized spacial score (nSPS) is 24.4. The van der Waals surface area contributed by atoms with E-state index in [0.717, 1.165) is 17.9 Å². The molecule has 154 valence electrons. The van der Waals surface area contributed by atoms with Gasteiger partial charge in [0.1, 0.15) is 0 Å². The Morgan fingerprint density at radius 2 is 1.76 bits per heavy atom. The van der Waals surface area contributed by atoms with Crippen molar-refractivity contribution in [1.82, 2.24) is 4.72 Å². The standard InChI is InChI=1S/C23H28N2O3S/c1-15-5-3-4-6-21(15)23(26)24-19-9-11-20(12-10-19)29(27,28)25-16(2)22-14-17-7-8-18(22)13-17/h3-6,9-12,16-18,22,25H,7-8,13-14H2,1-2H3,(H,24,26). The Bertz CT molecular complexity index is 1000. The molecule has 2 saturated carbocycles. The van der Waals surface area contributed by atoms with Gasteiger partial charge in [-0.1, -0.05) is 24.6 Å². The van der Waals surface area contributed by atoms with E-state index in [1.54, 1.807) is 30.3 Å². The third-order valence-electron chi connectivity index (χ3n) is 6.59. The molecular formula is C23H28N2O3S. The third kappa shape index (κ3) is 4.23. The fourth-order valence-electron chi connectivity index (χ4n) is 5.05. The van der Waals surface area contributed by atoms with E-state index >= 15 is 0 Å². The Hall–Kier alpha value is -2.18. The van der Waals surface area contributed by atoms with Crippen LogP contribution >= 0.6 is 0 Å². The smallest absolute Gasteiger partial charge is 0.255 e. The molecule has 29 heavy (non-hydrogen) atoms. The van der Waals surface area contributed by atoms with Crippen molar-refractivity contribution in [3.8, 4) is 0 Å². The van der Waals surface area contributed by atoms with Crippen molar-refractivity contribution in [2.45, 2.75) is 50.5 Å². The SMILES string of the molecule is Cc1ccccc1C(=O)Nc1ccc(S(=O)(=O)NC(C)C2CC3CCC2C3)cc1. The van der Waals surface area contributed by atoms with E-state index < -0.39 is 10.0 Å². The van der Waals surface area contributed by atoms with Gasteiger partial charge in [-0.15, -0.1) is 0 Å². The Morgan fingerprint density at radius 1 is 1.03 bits per heavy atom. The second kappa shape index (κ2) is 7.92.